The summed E-state index contributed by atoms with van der Waals surface area (Å²) >= 11 is 0. The molecule has 4 heteroatoms. The summed E-state index contributed by atoms with van der Waals surface area (Å²) in [6.45, 7) is 1.76. The lowest BCUT2D eigenvalue weighted by Crippen LogP contribution is -2.36. The van der Waals surface area contributed by atoms with Gasteiger partial charge < -0.3 is 0 Å². The Balaban J connectivity index is 2.05. The van der Waals surface area contributed by atoms with Crippen molar-refractivity contribution >= 4 is 11.6 Å². The smallest absolute Gasteiger partial charge is 0.299 e. The molecule has 2 nitrogen and oxygen atoms in total. The Kier molecular flexibility index (Phi) is 3.53. The molecular weight excluding hydrogens is 284 g/mol. The number of nitrogens with zero attached hydrogens (tertiary/aromatic N) is 1. The highest BCUT2D eigenvalue weighted by Crippen LogP contribution is 2.40. The molecule has 0 N–H and O–H groups in total. The van der Waals surface area contributed by atoms with Crippen LogP contribution in [0.25, 0.3) is 5.70 Å². The van der Waals surface area contributed by atoms with E-state index in [1.165, 1.54) is 4.90 Å². The van der Waals surface area contributed by atoms with E-state index in [0.29, 0.717) is 5.56 Å². The monoisotopic (exact) mass is 299 g/mol. The zero-order valence-electron chi connectivity index (χ0n) is 12.0. The minimum Gasteiger partial charge on any atom is -0.299 e. The molecule has 0 saturated carbocycles. The fraction of sp³-hybridized carbons (Fsp3) is 0.167. The summed E-state index contributed by atoms with van der Waals surface area (Å²) in [5.74, 6) is -4.64. The van der Waals surface area contributed by atoms with Crippen LogP contribution in [-0.2, 0) is 4.79 Å². The summed E-state index contributed by atoms with van der Waals surface area (Å²) in [6, 6.07) is 17.5. The Morgan fingerprint density at radius 1 is 0.955 bits per heavy atom. The number of carbonyl (C=O) groups is 1. The van der Waals surface area contributed by atoms with Crippen LogP contribution < -0.4 is 0 Å². The average molecular weight is 299 g/mol. The third-order valence-corrected chi connectivity index (χ3v) is 3.82. The van der Waals surface area contributed by atoms with Crippen molar-refractivity contribution in [3.63, 3.8) is 0 Å². The molecule has 0 aliphatic carbocycles. The van der Waals surface area contributed by atoms with E-state index in [9.17, 15) is 13.6 Å². The summed E-state index contributed by atoms with van der Waals surface area (Å²) in [7, 11) is 0. The van der Waals surface area contributed by atoms with Crippen molar-refractivity contribution in [2.24, 2.45) is 0 Å². The van der Waals surface area contributed by atoms with Gasteiger partial charge in [0.1, 0.15) is 0 Å². The van der Waals surface area contributed by atoms with E-state index in [2.05, 4.69) is 0 Å². The molecule has 3 rings (SSSR count). The van der Waals surface area contributed by atoms with Gasteiger partial charge in [0.25, 0.3) is 0 Å². The van der Waals surface area contributed by atoms with Crippen LogP contribution in [0.5, 0.6) is 0 Å². The van der Waals surface area contributed by atoms with Crippen LogP contribution in [0.4, 0.5) is 8.78 Å². The molecule has 22 heavy (non-hydrogen) atoms. The number of hydrogen-bond acceptors (Lipinski definition) is 1. The van der Waals surface area contributed by atoms with Gasteiger partial charge in [-0.15, -0.1) is 0 Å². The maximum atomic E-state index is 13.9. The van der Waals surface area contributed by atoms with Gasteiger partial charge >= 0.3 is 11.8 Å². The van der Waals surface area contributed by atoms with Gasteiger partial charge in [0, 0.05) is 6.08 Å². The molecule has 0 bridgehead atoms. The Hall–Kier alpha value is -2.49. The Morgan fingerprint density at radius 2 is 1.50 bits per heavy atom. The van der Waals surface area contributed by atoms with Crippen molar-refractivity contribution in [3.05, 3.63) is 77.9 Å². The van der Waals surface area contributed by atoms with Gasteiger partial charge in [-0.05, 0) is 18.1 Å². The highest BCUT2D eigenvalue weighted by Gasteiger charge is 2.49. The molecule has 0 aromatic heterocycles. The number of alkyl halides is 2. The fourth-order valence-corrected chi connectivity index (χ4v) is 2.67. The lowest BCUT2D eigenvalue weighted by Gasteiger charge is -2.28. The van der Waals surface area contributed by atoms with E-state index in [-0.39, 0.29) is 5.70 Å². The maximum absolute atomic E-state index is 13.9. The molecule has 0 radical (unpaired) electrons. The molecule has 1 atom stereocenters. The molecule has 2 aromatic rings. The fourth-order valence-electron chi connectivity index (χ4n) is 2.67. The van der Waals surface area contributed by atoms with Gasteiger partial charge in [0.05, 0.1) is 11.7 Å². The Bertz CT molecular complexity index is 710. The molecule has 1 aliphatic heterocycles. The van der Waals surface area contributed by atoms with Crippen molar-refractivity contribution < 1.29 is 13.6 Å². The van der Waals surface area contributed by atoms with Crippen LogP contribution in [0.3, 0.4) is 0 Å². The molecule has 2 aromatic carbocycles. The molecular formula is C18H15F2NO. The first-order valence-corrected chi connectivity index (χ1v) is 7.05. The first-order valence-electron chi connectivity index (χ1n) is 7.05. The van der Waals surface area contributed by atoms with Crippen molar-refractivity contribution in [3.8, 4) is 0 Å². The predicted octanol–water partition coefficient (Wildman–Crippen LogP) is 4.27. The number of hydrogen-bond donors (Lipinski definition) is 0. The van der Waals surface area contributed by atoms with E-state index >= 15 is 0 Å². The van der Waals surface area contributed by atoms with Crippen LogP contribution >= 0.6 is 0 Å². The predicted molar refractivity (Wildman–Crippen MR) is 81.1 cm³/mol. The van der Waals surface area contributed by atoms with Gasteiger partial charge in [-0.1, -0.05) is 60.7 Å². The van der Waals surface area contributed by atoms with Gasteiger partial charge in [-0.3, -0.25) is 9.69 Å². The second kappa shape index (κ2) is 5.37. The lowest BCUT2D eigenvalue weighted by atomic mass is 10.1. The van der Waals surface area contributed by atoms with Crippen LogP contribution in [0.1, 0.15) is 24.1 Å². The number of carbonyl (C=O) groups excluding carboxylic acids is 1. The maximum Gasteiger partial charge on any atom is 0.345 e. The van der Waals surface area contributed by atoms with Gasteiger partial charge in [0.15, 0.2) is 0 Å². The third-order valence-electron chi connectivity index (χ3n) is 3.82. The molecule has 112 valence electrons. The first kappa shape index (κ1) is 14.4. The molecule has 0 spiro atoms. The van der Waals surface area contributed by atoms with E-state index in [4.69, 9.17) is 0 Å². The topological polar surface area (TPSA) is 20.3 Å². The van der Waals surface area contributed by atoms with Crippen LogP contribution in [0.2, 0.25) is 0 Å². The van der Waals surface area contributed by atoms with Gasteiger partial charge in [-0.2, -0.15) is 8.78 Å². The van der Waals surface area contributed by atoms with E-state index in [1.807, 2.05) is 36.4 Å². The number of benzene rings is 2. The molecule has 0 fully saturated rings. The Labute approximate surface area is 127 Å². The standard InChI is InChI=1S/C18H15F2NO/c1-13(14-8-4-2-5-9-14)21-16(12-18(19,20)17(21)22)15-10-6-3-7-11-15/h2-13H,1H3/t13-/m0/s1. The molecule has 0 saturated heterocycles. The largest absolute Gasteiger partial charge is 0.345 e. The molecule has 1 aliphatic rings. The molecule has 1 amide bonds. The average Bonchev–Trinajstić information content (AvgIpc) is 2.79. The third kappa shape index (κ3) is 2.41. The minimum absolute atomic E-state index is 0.256. The van der Waals surface area contributed by atoms with Gasteiger partial charge in [0.2, 0.25) is 0 Å². The SMILES string of the molecule is C[C@@H](c1ccccc1)N1C(=O)C(F)(F)C=C1c1ccccc1. The zero-order chi connectivity index (χ0) is 15.7. The van der Waals surface area contributed by atoms with E-state index < -0.39 is 17.9 Å². The normalized spacial score (nSPS) is 18.2. The Morgan fingerprint density at radius 3 is 2.09 bits per heavy atom. The highest BCUT2D eigenvalue weighted by atomic mass is 19.3. The van der Waals surface area contributed by atoms with Crippen LogP contribution in [-0.4, -0.2) is 16.7 Å². The zero-order valence-corrected chi connectivity index (χ0v) is 12.0. The highest BCUT2D eigenvalue weighted by molar-refractivity contribution is 5.99. The van der Waals surface area contributed by atoms with Crippen molar-refractivity contribution in [2.45, 2.75) is 18.9 Å². The summed E-state index contributed by atoms with van der Waals surface area (Å²) in [5, 5.41) is 0. The summed E-state index contributed by atoms with van der Waals surface area (Å²) < 4.78 is 27.9. The molecule has 0 unspecified atom stereocenters. The quantitative estimate of drug-likeness (QED) is 0.829. The van der Waals surface area contributed by atoms with Crippen molar-refractivity contribution in [1.82, 2.24) is 4.90 Å². The van der Waals surface area contributed by atoms with Gasteiger partial charge in [-0.25, -0.2) is 0 Å². The second-order valence-electron chi connectivity index (χ2n) is 5.28. The van der Waals surface area contributed by atoms with E-state index in [1.54, 1.807) is 31.2 Å². The molecule has 1 heterocycles. The van der Waals surface area contributed by atoms with Crippen molar-refractivity contribution in [2.75, 3.05) is 0 Å². The van der Waals surface area contributed by atoms with Crippen LogP contribution in [0, 0.1) is 0 Å². The van der Waals surface area contributed by atoms with Crippen molar-refractivity contribution in [1.29, 1.82) is 0 Å². The van der Waals surface area contributed by atoms with Crippen LogP contribution in [0.15, 0.2) is 66.7 Å². The number of amides is 1. The lowest BCUT2D eigenvalue weighted by molar-refractivity contribution is -0.146. The summed E-state index contributed by atoms with van der Waals surface area (Å²) in [6.07, 6.45) is 0.754. The summed E-state index contributed by atoms with van der Waals surface area (Å²) in [4.78, 5) is 13.3. The first-order chi connectivity index (χ1) is 10.5. The second-order valence-corrected chi connectivity index (χ2v) is 5.28. The number of rotatable bonds is 3. The summed E-state index contributed by atoms with van der Waals surface area (Å²) in [5.41, 5.74) is 1.68. The minimum atomic E-state index is -3.46. The number of halogens is 2. The van der Waals surface area contributed by atoms with E-state index in [0.717, 1.165) is 11.6 Å².